The third kappa shape index (κ3) is 4.67. The van der Waals surface area contributed by atoms with E-state index >= 15 is 0 Å². The van der Waals surface area contributed by atoms with Gasteiger partial charge in [-0.3, -0.25) is 9.59 Å². The number of aromatic amines is 1. The molecule has 0 unspecified atom stereocenters. The number of amides is 2. The van der Waals surface area contributed by atoms with E-state index in [1.54, 1.807) is 24.3 Å². The largest absolute Gasteiger partial charge is 0.457 e. The average molecular weight is 399 g/mol. The molecule has 0 radical (unpaired) electrons. The lowest BCUT2D eigenvalue weighted by molar-refractivity contribution is -0.136. The van der Waals surface area contributed by atoms with Gasteiger partial charge < -0.3 is 20.4 Å². The van der Waals surface area contributed by atoms with Gasteiger partial charge in [0.1, 0.15) is 11.5 Å². The number of aromatic nitrogens is 1. The number of carbonyl (C=O) groups excluding carboxylic acids is 2. The molecule has 30 heavy (non-hydrogen) atoms. The lowest BCUT2D eigenvalue weighted by atomic mass is 10.1. The summed E-state index contributed by atoms with van der Waals surface area (Å²) in [5, 5.41) is 6.37. The molecule has 3 N–H and O–H groups in total. The molecule has 0 aliphatic carbocycles. The number of rotatable bonds is 6. The molecule has 150 valence electrons. The van der Waals surface area contributed by atoms with Gasteiger partial charge in [-0.05, 0) is 54.4 Å². The molecule has 0 saturated heterocycles. The van der Waals surface area contributed by atoms with E-state index in [1.165, 1.54) is 0 Å². The number of hydrogen-bond acceptors (Lipinski definition) is 3. The number of anilines is 1. The molecule has 0 saturated carbocycles. The number of nitrogens with one attached hydrogen (secondary N) is 3. The molecule has 0 aliphatic rings. The molecule has 3 aromatic carbocycles. The summed E-state index contributed by atoms with van der Waals surface area (Å²) in [5.41, 5.74) is 2.67. The molecule has 0 aliphatic heterocycles. The van der Waals surface area contributed by atoms with E-state index in [0.717, 1.165) is 22.2 Å². The smallest absolute Gasteiger partial charge is 0.313 e. The van der Waals surface area contributed by atoms with Crippen LogP contribution in [-0.2, 0) is 16.0 Å². The van der Waals surface area contributed by atoms with Gasteiger partial charge in [0.25, 0.3) is 0 Å². The first-order chi connectivity index (χ1) is 14.7. The molecule has 2 amide bonds. The van der Waals surface area contributed by atoms with Crippen molar-refractivity contribution < 1.29 is 14.3 Å². The Hall–Kier alpha value is -4.06. The van der Waals surface area contributed by atoms with Gasteiger partial charge >= 0.3 is 11.8 Å². The second-order valence-corrected chi connectivity index (χ2v) is 6.76. The monoisotopic (exact) mass is 399 g/mol. The SMILES string of the molecule is O=C(NCCc1c[nH]c2ccccc12)C(=O)Nc1ccc(Oc2ccccc2)cc1. The summed E-state index contributed by atoms with van der Waals surface area (Å²) in [7, 11) is 0. The van der Waals surface area contributed by atoms with Crippen molar-refractivity contribution in [2.24, 2.45) is 0 Å². The van der Waals surface area contributed by atoms with Crippen molar-refractivity contribution in [3.05, 3.63) is 90.6 Å². The van der Waals surface area contributed by atoms with Crippen LogP contribution in [0.2, 0.25) is 0 Å². The molecule has 1 aromatic heterocycles. The number of H-pyrrole nitrogens is 1. The first-order valence-electron chi connectivity index (χ1n) is 9.66. The Morgan fingerprint density at radius 1 is 0.800 bits per heavy atom. The molecule has 4 rings (SSSR count). The predicted molar refractivity (Wildman–Crippen MR) is 117 cm³/mol. The van der Waals surface area contributed by atoms with Crippen LogP contribution in [0, 0.1) is 0 Å². The summed E-state index contributed by atoms with van der Waals surface area (Å²) in [5.74, 6) is -0.00338. The molecule has 0 atom stereocenters. The number of benzene rings is 3. The number of hydrogen-bond donors (Lipinski definition) is 3. The van der Waals surface area contributed by atoms with Crippen molar-refractivity contribution >= 4 is 28.4 Å². The summed E-state index contributed by atoms with van der Waals surface area (Å²) >= 11 is 0. The van der Waals surface area contributed by atoms with Crippen molar-refractivity contribution in [2.75, 3.05) is 11.9 Å². The highest BCUT2D eigenvalue weighted by atomic mass is 16.5. The minimum absolute atomic E-state index is 0.373. The topological polar surface area (TPSA) is 83.2 Å². The second-order valence-electron chi connectivity index (χ2n) is 6.76. The maximum Gasteiger partial charge on any atom is 0.313 e. The normalized spacial score (nSPS) is 10.5. The van der Waals surface area contributed by atoms with E-state index in [9.17, 15) is 9.59 Å². The van der Waals surface area contributed by atoms with Crippen LogP contribution in [0.3, 0.4) is 0 Å². The van der Waals surface area contributed by atoms with Crippen molar-refractivity contribution in [1.82, 2.24) is 10.3 Å². The fourth-order valence-electron chi connectivity index (χ4n) is 3.15. The zero-order chi connectivity index (χ0) is 20.8. The highest BCUT2D eigenvalue weighted by Crippen LogP contribution is 2.22. The Morgan fingerprint density at radius 2 is 1.50 bits per heavy atom. The van der Waals surface area contributed by atoms with Gasteiger partial charge in [-0.25, -0.2) is 0 Å². The minimum Gasteiger partial charge on any atom is -0.457 e. The molecular weight excluding hydrogens is 378 g/mol. The number of carbonyl (C=O) groups is 2. The van der Waals surface area contributed by atoms with Crippen LogP contribution in [0.4, 0.5) is 5.69 Å². The zero-order valence-electron chi connectivity index (χ0n) is 16.2. The van der Waals surface area contributed by atoms with Crippen molar-refractivity contribution in [3.63, 3.8) is 0 Å². The standard InChI is InChI=1S/C24H21N3O3/c28-23(25-15-14-17-16-26-22-9-5-4-8-21(17)22)24(29)27-18-10-12-20(13-11-18)30-19-6-2-1-3-7-19/h1-13,16,26H,14-15H2,(H,25,28)(H,27,29). The van der Waals surface area contributed by atoms with Gasteiger partial charge in [-0.2, -0.15) is 0 Å². The van der Waals surface area contributed by atoms with Gasteiger partial charge in [0.15, 0.2) is 0 Å². The summed E-state index contributed by atoms with van der Waals surface area (Å²) < 4.78 is 5.71. The van der Waals surface area contributed by atoms with Crippen LogP contribution in [0.5, 0.6) is 11.5 Å². The lowest BCUT2D eigenvalue weighted by Crippen LogP contribution is -2.36. The van der Waals surface area contributed by atoms with Crippen LogP contribution in [-0.4, -0.2) is 23.3 Å². The number of fused-ring (bicyclic) bond motifs is 1. The van der Waals surface area contributed by atoms with Crippen molar-refractivity contribution in [1.29, 1.82) is 0 Å². The Labute approximate surface area is 173 Å². The van der Waals surface area contributed by atoms with Gasteiger partial charge in [0.2, 0.25) is 0 Å². The Kier molecular flexibility index (Phi) is 5.75. The minimum atomic E-state index is -0.703. The third-order valence-corrected chi connectivity index (χ3v) is 4.65. The Balaban J connectivity index is 1.26. The van der Waals surface area contributed by atoms with Gasteiger partial charge in [-0.15, -0.1) is 0 Å². The van der Waals surface area contributed by atoms with Gasteiger partial charge in [0.05, 0.1) is 0 Å². The average Bonchev–Trinajstić information content (AvgIpc) is 3.19. The fraction of sp³-hybridized carbons (Fsp3) is 0.0833. The Bertz CT molecular complexity index is 1150. The van der Waals surface area contributed by atoms with Crippen LogP contribution >= 0.6 is 0 Å². The maximum absolute atomic E-state index is 12.1. The van der Waals surface area contributed by atoms with E-state index in [1.807, 2.05) is 60.8 Å². The summed E-state index contributed by atoms with van der Waals surface area (Å²) in [6.07, 6.45) is 2.56. The summed E-state index contributed by atoms with van der Waals surface area (Å²) in [4.78, 5) is 27.4. The Morgan fingerprint density at radius 3 is 2.30 bits per heavy atom. The highest BCUT2D eigenvalue weighted by Gasteiger charge is 2.13. The first kappa shape index (κ1) is 19.3. The van der Waals surface area contributed by atoms with Crippen LogP contribution < -0.4 is 15.4 Å². The molecule has 6 heteroatoms. The van der Waals surface area contributed by atoms with Crippen molar-refractivity contribution in [3.8, 4) is 11.5 Å². The molecule has 0 bridgehead atoms. The maximum atomic E-state index is 12.1. The predicted octanol–water partition coefficient (Wildman–Crippen LogP) is 4.26. The zero-order valence-corrected chi connectivity index (χ0v) is 16.2. The second kappa shape index (κ2) is 8.96. The van der Waals surface area contributed by atoms with E-state index in [4.69, 9.17) is 4.74 Å². The number of para-hydroxylation sites is 2. The highest BCUT2D eigenvalue weighted by molar-refractivity contribution is 6.39. The summed E-state index contributed by atoms with van der Waals surface area (Å²) in [6, 6.07) is 24.2. The molecular formula is C24H21N3O3. The number of ether oxygens (including phenoxy) is 1. The molecule has 0 spiro atoms. The van der Waals surface area contributed by atoms with E-state index in [0.29, 0.717) is 24.4 Å². The third-order valence-electron chi connectivity index (χ3n) is 4.65. The van der Waals surface area contributed by atoms with E-state index < -0.39 is 11.8 Å². The molecule has 4 aromatic rings. The first-order valence-corrected chi connectivity index (χ1v) is 9.66. The van der Waals surface area contributed by atoms with Crippen LogP contribution in [0.25, 0.3) is 10.9 Å². The fourth-order valence-corrected chi connectivity index (χ4v) is 3.15. The van der Waals surface area contributed by atoms with Crippen LogP contribution in [0.1, 0.15) is 5.56 Å². The summed E-state index contributed by atoms with van der Waals surface area (Å²) in [6.45, 7) is 0.373. The molecule has 1 heterocycles. The quantitative estimate of drug-likeness (QED) is 0.424. The molecule has 6 nitrogen and oxygen atoms in total. The van der Waals surface area contributed by atoms with E-state index in [2.05, 4.69) is 15.6 Å². The van der Waals surface area contributed by atoms with Gasteiger partial charge in [0, 0.05) is 29.3 Å². The van der Waals surface area contributed by atoms with Gasteiger partial charge in [-0.1, -0.05) is 36.4 Å². The van der Waals surface area contributed by atoms with Crippen LogP contribution in [0.15, 0.2) is 85.1 Å². The lowest BCUT2D eigenvalue weighted by Gasteiger charge is -2.08. The molecule has 0 fully saturated rings. The van der Waals surface area contributed by atoms with E-state index in [-0.39, 0.29) is 0 Å². The van der Waals surface area contributed by atoms with Crippen molar-refractivity contribution in [2.45, 2.75) is 6.42 Å².